The number of benzene rings is 11. The molecule has 310 valence electrons. The van der Waals surface area contributed by atoms with Crippen molar-refractivity contribution in [1.29, 1.82) is 0 Å². The zero-order valence-electron chi connectivity index (χ0n) is 36.0. The van der Waals surface area contributed by atoms with E-state index in [4.69, 9.17) is 14.4 Å². The molecule has 5 nitrogen and oxygen atoms in total. The Labute approximate surface area is 383 Å². The van der Waals surface area contributed by atoms with Crippen molar-refractivity contribution in [2.45, 2.75) is 0 Å². The highest BCUT2D eigenvalue weighted by Gasteiger charge is 2.22. The summed E-state index contributed by atoms with van der Waals surface area (Å²) in [4.78, 5) is 10.7. The lowest BCUT2D eigenvalue weighted by molar-refractivity contribution is 0.669. The molecular formula is C62H36N4O. The molecular weight excluding hydrogens is 817 g/mol. The van der Waals surface area contributed by atoms with E-state index < -0.39 is 0 Å². The van der Waals surface area contributed by atoms with Gasteiger partial charge in [-0.25, -0.2) is 9.97 Å². The molecule has 0 N–H and O–H groups in total. The number of para-hydroxylation sites is 5. The van der Waals surface area contributed by atoms with Crippen molar-refractivity contribution in [2.24, 2.45) is 0 Å². The fourth-order valence-corrected chi connectivity index (χ4v) is 11.0. The van der Waals surface area contributed by atoms with Gasteiger partial charge in [0.15, 0.2) is 0 Å². The zero-order valence-corrected chi connectivity index (χ0v) is 36.0. The standard InChI is InChI=1S/C62H36N4O/c1-2-14-38-34-57-50(32-37(38)13-1)45-17-5-10-22-54(45)65(57)42-27-25-39-35-58-51(33-41(39)31-42)46-18-6-11-23-55(46)66(58)56-30-29-49(43-15-3-4-16-44(43)56)62-61(63-52-20-8-9-21-53(52)64-62)40-26-28-48-47-19-7-12-24-59(47)67-60(48)36-40/h1-36H. The second-order valence-corrected chi connectivity index (χ2v) is 17.7. The van der Waals surface area contributed by atoms with Crippen LogP contribution >= 0.6 is 0 Å². The number of hydrogen-bond acceptors (Lipinski definition) is 3. The summed E-state index contributed by atoms with van der Waals surface area (Å²) in [6.45, 7) is 0. The number of nitrogens with zero attached hydrogens (tertiary/aromatic N) is 4. The minimum atomic E-state index is 0.816. The first-order valence-corrected chi connectivity index (χ1v) is 22.8. The molecule has 4 heterocycles. The van der Waals surface area contributed by atoms with Gasteiger partial charge >= 0.3 is 0 Å². The average Bonchev–Trinajstić information content (AvgIpc) is 4.03. The van der Waals surface area contributed by atoms with Crippen LogP contribution in [-0.2, 0) is 0 Å². The molecule has 0 aliphatic carbocycles. The van der Waals surface area contributed by atoms with Crippen LogP contribution in [0.3, 0.4) is 0 Å². The Morgan fingerprint density at radius 1 is 0.313 bits per heavy atom. The van der Waals surface area contributed by atoms with E-state index in [2.05, 4.69) is 191 Å². The third-order valence-electron chi connectivity index (χ3n) is 14.0. The Kier molecular flexibility index (Phi) is 7.44. The van der Waals surface area contributed by atoms with Crippen LogP contribution < -0.4 is 0 Å². The topological polar surface area (TPSA) is 48.8 Å². The molecule has 67 heavy (non-hydrogen) atoms. The van der Waals surface area contributed by atoms with Crippen molar-refractivity contribution in [1.82, 2.24) is 19.1 Å². The molecule has 0 radical (unpaired) electrons. The number of rotatable bonds is 4. The van der Waals surface area contributed by atoms with Gasteiger partial charge in [-0.2, -0.15) is 0 Å². The lowest BCUT2D eigenvalue weighted by Gasteiger charge is -2.17. The van der Waals surface area contributed by atoms with E-state index in [9.17, 15) is 0 Å². The van der Waals surface area contributed by atoms with Gasteiger partial charge in [-0.05, 0) is 118 Å². The van der Waals surface area contributed by atoms with Crippen LogP contribution in [0.25, 0.3) is 143 Å². The lowest BCUT2D eigenvalue weighted by atomic mass is 9.96. The zero-order chi connectivity index (χ0) is 43.7. The highest BCUT2D eigenvalue weighted by molar-refractivity contribution is 6.17. The maximum atomic E-state index is 6.39. The number of furan rings is 1. The van der Waals surface area contributed by atoms with Gasteiger partial charge in [0.2, 0.25) is 0 Å². The molecule has 5 heteroatoms. The van der Waals surface area contributed by atoms with Crippen LogP contribution in [0.2, 0.25) is 0 Å². The number of aromatic nitrogens is 4. The molecule has 4 aromatic heterocycles. The molecule has 0 fully saturated rings. The fraction of sp³-hybridized carbons (Fsp3) is 0. The quantitative estimate of drug-likeness (QED) is 0.177. The summed E-state index contributed by atoms with van der Waals surface area (Å²) in [6, 6.07) is 78.6. The fourth-order valence-electron chi connectivity index (χ4n) is 11.0. The third-order valence-corrected chi connectivity index (χ3v) is 14.0. The Morgan fingerprint density at radius 3 is 1.66 bits per heavy atom. The van der Waals surface area contributed by atoms with E-state index in [0.29, 0.717) is 0 Å². The first-order valence-electron chi connectivity index (χ1n) is 22.8. The second-order valence-electron chi connectivity index (χ2n) is 17.7. The van der Waals surface area contributed by atoms with E-state index in [-0.39, 0.29) is 0 Å². The van der Waals surface area contributed by atoms with Gasteiger partial charge in [-0.3, -0.25) is 0 Å². The molecule has 0 aliphatic rings. The molecule has 0 aliphatic heterocycles. The SMILES string of the molecule is c1ccc2cc3c(cc2c1)c1ccccc1n3-c1ccc2cc3c(cc2c1)c1ccccc1n3-c1ccc(-c2nc3ccccc3nc2-c2ccc3c(c2)oc2ccccc23)c2ccccc12. The third kappa shape index (κ3) is 5.31. The van der Waals surface area contributed by atoms with Gasteiger partial charge in [0.25, 0.3) is 0 Å². The summed E-state index contributed by atoms with van der Waals surface area (Å²) in [5, 5.41) is 14.2. The van der Waals surface area contributed by atoms with Gasteiger partial charge in [0.05, 0.1) is 50.2 Å². The largest absolute Gasteiger partial charge is 0.456 e. The smallest absolute Gasteiger partial charge is 0.136 e. The molecule has 0 bridgehead atoms. The van der Waals surface area contributed by atoms with Crippen LogP contribution in [-0.4, -0.2) is 19.1 Å². The van der Waals surface area contributed by atoms with E-state index in [1.54, 1.807) is 0 Å². The van der Waals surface area contributed by atoms with Crippen molar-refractivity contribution >= 4 is 109 Å². The summed E-state index contributed by atoms with van der Waals surface area (Å²) >= 11 is 0. The van der Waals surface area contributed by atoms with Crippen molar-refractivity contribution in [3.8, 4) is 33.9 Å². The van der Waals surface area contributed by atoms with Crippen LogP contribution in [0, 0.1) is 0 Å². The first kappa shape index (κ1) is 36.3. The second kappa shape index (κ2) is 13.7. The Bertz CT molecular complexity index is 4590. The molecule has 0 amide bonds. The number of fused-ring (bicyclic) bond motifs is 13. The van der Waals surface area contributed by atoms with Crippen molar-refractivity contribution in [3.63, 3.8) is 0 Å². The summed E-state index contributed by atoms with van der Waals surface area (Å²) in [5.74, 6) is 0. The maximum absolute atomic E-state index is 6.39. The van der Waals surface area contributed by atoms with Crippen molar-refractivity contribution < 1.29 is 4.42 Å². The normalized spacial score (nSPS) is 12.2. The van der Waals surface area contributed by atoms with Gasteiger partial charge < -0.3 is 13.6 Å². The molecule has 0 spiro atoms. The van der Waals surface area contributed by atoms with Crippen LogP contribution in [0.4, 0.5) is 0 Å². The highest BCUT2D eigenvalue weighted by Crippen LogP contribution is 2.43. The minimum absolute atomic E-state index is 0.816. The molecule has 0 saturated heterocycles. The average molecular weight is 853 g/mol. The molecule has 0 unspecified atom stereocenters. The predicted octanol–water partition coefficient (Wildman–Crippen LogP) is 16.5. The number of hydrogen-bond donors (Lipinski definition) is 0. The molecule has 0 atom stereocenters. The molecule has 15 rings (SSSR count). The van der Waals surface area contributed by atoms with Crippen molar-refractivity contribution in [3.05, 3.63) is 218 Å². The van der Waals surface area contributed by atoms with Gasteiger partial charge in [0.1, 0.15) is 11.2 Å². The van der Waals surface area contributed by atoms with Crippen LogP contribution in [0.15, 0.2) is 223 Å². The Balaban J connectivity index is 0.926. The minimum Gasteiger partial charge on any atom is -0.456 e. The van der Waals surface area contributed by atoms with Crippen LogP contribution in [0.1, 0.15) is 0 Å². The predicted molar refractivity (Wildman–Crippen MR) is 279 cm³/mol. The Morgan fingerprint density at radius 2 is 0.881 bits per heavy atom. The summed E-state index contributed by atoms with van der Waals surface area (Å²) in [6.07, 6.45) is 0. The molecule has 11 aromatic carbocycles. The van der Waals surface area contributed by atoms with E-state index >= 15 is 0 Å². The molecule has 15 aromatic rings. The lowest BCUT2D eigenvalue weighted by Crippen LogP contribution is -1.99. The van der Waals surface area contributed by atoms with E-state index in [1.807, 2.05) is 36.4 Å². The van der Waals surface area contributed by atoms with Crippen LogP contribution in [0.5, 0.6) is 0 Å². The van der Waals surface area contributed by atoms with Gasteiger partial charge in [-0.1, -0.05) is 127 Å². The van der Waals surface area contributed by atoms with Gasteiger partial charge in [-0.15, -0.1) is 0 Å². The Hall–Kier alpha value is -9.06. The van der Waals surface area contributed by atoms with Crippen molar-refractivity contribution in [2.75, 3.05) is 0 Å². The van der Waals surface area contributed by atoms with Gasteiger partial charge in [0, 0.05) is 54.5 Å². The summed E-state index contributed by atoms with van der Waals surface area (Å²) < 4.78 is 11.3. The van der Waals surface area contributed by atoms with E-state index in [1.165, 1.54) is 54.1 Å². The summed E-state index contributed by atoms with van der Waals surface area (Å²) in [5.41, 5.74) is 14.0. The highest BCUT2D eigenvalue weighted by atomic mass is 16.3. The summed E-state index contributed by atoms with van der Waals surface area (Å²) in [7, 11) is 0. The maximum Gasteiger partial charge on any atom is 0.136 e. The first-order chi connectivity index (χ1) is 33.2. The molecule has 0 saturated carbocycles. The monoisotopic (exact) mass is 852 g/mol. The van der Waals surface area contributed by atoms with E-state index in [0.717, 1.165) is 88.7 Å².